The molecule has 0 aliphatic rings. The van der Waals surface area contributed by atoms with Gasteiger partial charge in [-0.1, -0.05) is 25.1 Å². The molecule has 72 valence electrons. The van der Waals surface area contributed by atoms with E-state index in [4.69, 9.17) is 4.42 Å². The molecule has 0 spiro atoms. The Labute approximate surface area is 80.8 Å². The second-order valence-corrected chi connectivity index (χ2v) is 2.86. The van der Waals surface area contributed by atoms with Gasteiger partial charge in [0, 0.05) is 6.42 Å². The number of aromatic nitrogens is 2. The maximum Gasteiger partial charge on any atom is 0.441 e. The quantitative estimate of drug-likeness (QED) is 0.718. The molecule has 4 nitrogen and oxygen atoms in total. The highest BCUT2D eigenvalue weighted by Crippen LogP contribution is 2.03. The second-order valence-electron chi connectivity index (χ2n) is 2.86. The van der Waals surface area contributed by atoms with Gasteiger partial charge in [0.15, 0.2) is 0 Å². The summed E-state index contributed by atoms with van der Waals surface area (Å²) >= 11 is 0. The molecule has 1 heterocycles. The third-order valence-electron chi connectivity index (χ3n) is 1.89. The fourth-order valence-corrected chi connectivity index (χ4v) is 1.19. The van der Waals surface area contributed by atoms with Crippen LogP contribution in [0.15, 0.2) is 39.5 Å². The van der Waals surface area contributed by atoms with E-state index in [9.17, 15) is 4.79 Å². The molecular weight excluding hydrogens is 180 g/mol. The van der Waals surface area contributed by atoms with E-state index < -0.39 is 5.76 Å². The zero-order valence-electron chi connectivity index (χ0n) is 7.80. The third-order valence-corrected chi connectivity index (χ3v) is 1.89. The number of hydrogen-bond acceptors (Lipinski definition) is 3. The van der Waals surface area contributed by atoms with Crippen LogP contribution < -0.4 is 5.76 Å². The van der Waals surface area contributed by atoms with Gasteiger partial charge in [0.1, 0.15) is 0 Å². The fraction of sp³-hybridized carbons (Fsp3) is 0.200. The van der Waals surface area contributed by atoms with Crippen LogP contribution in [-0.2, 0) is 6.42 Å². The number of nitrogens with zero attached hydrogens (tertiary/aromatic N) is 2. The van der Waals surface area contributed by atoms with E-state index in [-0.39, 0.29) is 0 Å². The van der Waals surface area contributed by atoms with Crippen molar-refractivity contribution < 1.29 is 4.42 Å². The van der Waals surface area contributed by atoms with Crippen LogP contribution in [0.25, 0.3) is 5.69 Å². The molecule has 4 heteroatoms. The number of para-hydroxylation sites is 1. The lowest BCUT2D eigenvalue weighted by Crippen LogP contribution is -2.12. The van der Waals surface area contributed by atoms with Crippen LogP contribution in [0.1, 0.15) is 12.8 Å². The van der Waals surface area contributed by atoms with Crippen LogP contribution in [0, 0.1) is 0 Å². The van der Waals surface area contributed by atoms with Gasteiger partial charge in [-0.15, -0.1) is 5.10 Å². The molecule has 0 bridgehead atoms. The van der Waals surface area contributed by atoms with Gasteiger partial charge >= 0.3 is 5.76 Å². The van der Waals surface area contributed by atoms with Crippen molar-refractivity contribution in [3.8, 4) is 5.69 Å². The third kappa shape index (κ3) is 1.46. The molecule has 0 radical (unpaired) electrons. The second kappa shape index (κ2) is 3.49. The SMILES string of the molecule is CCc1nn(-c2ccccc2)c(=O)o1. The van der Waals surface area contributed by atoms with E-state index >= 15 is 0 Å². The Morgan fingerprint density at radius 2 is 2.07 bits per heavy atom. The average molecular weight is 190 g/mol. The molecule has 0 atom stereocenters. The first-order valence-corrected chi connectivity index (χ1v) is 4.45. The summed E-state index contributed by atoms with van der Waals surface area (Å²) in [5.41, 5.74) is 0.723. The van der Waals surface area contributed by atoms with E-state index in [1.54, 1.807) is 0 Å². The summed E-state index contributed by atoms with van der Waals surface area (Å²) in [6.45, 7) is 1.89. The first kappa shape index (κ1) is 8.74. The summed E-state index contributed by atoms with van der Waals surface area (Å²) in [6.07, 6.45) is 0.620. The summed E-state index contributed by atoms with van der Waals surface area (Å²) in [5, 5.41) is 4.04. The molecule has 0 fully saturated rings. The average Bonchev–Trinajstić information content (AvgIpc) is 2.61. The first-order chi connectivity index (χ1) is 6.81. The Hall–Kier alpha value is -1.84. The predicted octanol–water partition coefficient (Wildman–Crippen LogP) is 1.39. The molecule has 14 heavy (non-hydrogen) atoms. The number of hydrogen-bond donors (Lipinski definition) is 0. The number of benzene rings is 1. The van der Waals surface area contributed by atoms with Crippen molar-refractivity contribution in [3.63, 3.8) is 0 Å². The van der Waals surface area contributed by atoms with Gasteiger partial charge in [0.25, 0.3) is 0 Å². The summed E-state index contributed by atoms with van der Waals surface area (Å²) in [4.78, 5) is 11.3. The van der Waals surface area contributed by atoms with Crippen molar-refractivity contribution in [2.75, 3.05) is 0 Å². The molecule has 1 aromatic carbocycles. The first-order valence-electron chi connectivity index (χ1n) is 4.45. The predicted molar refractivity (Wildman–Crippen MR) is 51.5 cm³/mol. The van der Waals surface area contributed by atoms with E-state index in [1.807, 2.05) is 37.3 Å². The summed E-state index contributed by atoms with van der Waals surface area (Å²) in [5.74, 6) is 0.0203. The van der Waals surface area contributed by atoms with Crippen LogP contribution >= 0.6 is 0 Å². The highest BCUT2D eigenvalue weighted by atomic mass is 16.4. The Morgan fingerprint density at radius 3 is 2.64 bits per heavy atom. The number of aryl methyl sites for hydroxylation is 1. The van der Waals surface area contributed by atoms with Gasteiger partial charge in [-0.25, -0.2) is 4.79 Å². The smallest absolute Gasteiger partial charge is 0.392 e. The van der Waals surface area contributed by atoms with Crippen molar-refractivity contribution in [1.29, 1.82) is 0 Å². The summed E-state index contributed by atoms with van der Waals surface area (Å²) in [7, 11) is 0. The minimum absolute atomic E-state index is 0.437. The van der Waals surface area contributed by atoms with Gasteiger partial charge in [-0.2, -0.15) is 4.68 Å². The summed E-state index contributed by atoms with van der Waals surface area (Å²) in [6, 6.07) is 9.20. The molecule has 2 aromatic rings. The molecule has 1 aromatic heterocycles. The topological polar surface area (TPSA) is 48.0 Å². The molecule has 0 amide bonds. The minimum Gasteiger partial charge on any atom is -0.392 e. The van der Waals surface area contributed by atoms with Crippen molar-refractivity contribution in [1.82, 2.24) is 9.78 Å². The van der Waals surface area contributed by atoms with Crippen molar-refractivity contribution >= 4 is 0 Å². The monoisotopic (exact) mass is 190 g/mol. The Morgan fingerprint density at radius 1 is 1.36 bits per heavy atom. The van der Waals surface area contributed by atoms with Gasteiger partial charge in [-0.05, 0) is 12.1 Å². The molecular formula is C10H10N2O2. The molecule has 0 saturated carbocycles. The molecule has 0 unspecified atom stereocenters. The van der Waals surface area contributed by atoms with Crippen LogP contribution in [0.2, 0.25) is 0 Å². The lowest BCUT2D eigenvalue weighted by Gasteiger charge is -1.94. The van der Waals surface area contributed by atoms with Crippen LogP contribution in [0.4, 0.5) is 0 Å². The Balaban J connectivity index is 2.52. The summed E-state index contributed by atoms with van der Waals surface area (Å²) < 4.78 is 6.18. The lowest BCUT2D eigenvalue weighted by molar-refractivity contribution is 0.463. The maximum absolute atomic E-state index is 11.3. The Bertz CT molecular complexity index is 470. The number of rotatable bonds is 2. The van der Waals surface area contributed by atoms with Crippen molar-refractivity contribution in [3.05, 3.63) is 46.8 Å². The zero-order chi connectivity index (χ0) is 9.97. The maximum atomic E-state index is 11.3. The van der Waals surface area contributed by atoms with Gasteiger partial charge in [0.2, 0.25) is 5.89 Å². The molecule has 0 aliphatic heterocycles. The van der Waals surface area contributed by atoms with Crippen LogP contribution in [-0.4, -0.2) is 9.78 Å². The molecule has 2 rings (SSSR count). The molecule has 0 saturated heterocycles. The van der Waals surface area contributed by atoms with Crippen molar-refractivity contribution in [2.24, 2.45) is 0 Å². The highest BCUT2D eigenvalue weighted by Gasteiger charge is 2.06. The van der Waals surface area contributed by atoms with E-state index in [0.717, 1.165) is 5.69 Å². The highest BCUT2D eigenvalue weighted by molar-refractivity contribution is 5.28. The van der Waals surface area contributed by atoms with Gasteiger partial charge < -0.3 is 4.42 Å². The van der Waals surface area contributed by atoms with E-state index in [1.165, 1.54) is 4.68 Å². The van der Waals surface area contributed by atoms with E-state index in [0.29, 0.717) is 12.3 Å². The van der Waals surface area contributed by atoms with Gasteiger partial charge in [-0.3, -0.25) is 0 Å². The standard InChI is InChI=1S/C10H10N2O2/c1-2-9-11-12(10(13)14-9)8-6-4-3-5-7-8/h3-7H,2H2,1H3. The lowest BCUT2D eigenvalue weighted by atomic mass is 10.3. The molecule has 0 aliphatic carbocycles. The normalized spacial score (nSPS) is 10.4. The zero-order valence-corrected chi connectivity index (χ0v) is 7.80. The van der Waals surface area contributed by atoms with E-state index in [2.05, 4.69) is 5.10 Å². The van der Waals surface area contributed by atoms with Crippen LogP contribution in [0.5, 0.6) is 0 Å². The molecule has 0 N–H and O–H groups in total. The van der Waals surface area contributed by atoms with Crippen molar-refractivity contribution in [2.45, 2.75) is 13.3 Å². The largest absolute Gasteiger partial charge is 0.441 e. The minimum atomic E-state index is -0.437. The van der Waals surface area contributed by atoms with Crippen LogP contribution in [0.3, 0.4) is 0 Å². The fourth-order valence-electron chi connectivity index (χ4n) is 1.19. The van der Waals surface area contributed by atoms with Gasteiger partial charge in [0.05, 0.1) is 5.69 Å². The Kier molecular flexibility index (Phi) is 2.18.